The molecule has 0 aliphatic heterocycles. The van der Waals surface area contributed by atoms with E-state index < -0.39 is 0 Å². The van der Waals surface area contributed by atoms with Gasteiger partial charge in [0.05, 0.1) is 7.11 Å². The van der Waals surface area contributed by atoms with Gasteiger partial charge in [-0.2, -0.15) is 0 Å². The van der Waals surface area contributed by atoms with Gasteiger partial charge in [-0.25, -0.2) is 4.79 Å². The first-order chi connectivity index (χ1) is 16.6. The van der Waals surface area contributed by atoms with Crippen molar-refractivity contribution < 1.29 is 9.53 Å². The third-order valence-electron chi connectivity index (χ3n) is 7.03. The van der Waals surface area contributed by atoms with Crippen LogP contribution in [0.3, 0.4) is 0 Å². The van der Waals surface area contributed by atoms with Crippen molar-refractivity contribution in [3.05, 3.63) is 101 Å². The van der Waals surface area contributed by atoms with E-state index in [-0.39, 0.29) is 5.97 Å². The normalized spacial score (nSPS) is 15.4. The van der Waals surface area contributed by atoms with E-state index >= 15 is 0 Å². The molecule has 0 bridgehead atoms. The van der Waals surface area contributed by atoms with Gasteiger partial charge in [-0.1, -0.05) is 36.4 Å². The van der Waals surface area contributed by atoms with Crippen molar-refractivity contribution in [3.63, 3.8) is 0 Å². The highest BCUT2D eigenvalue weighted by Gasteiger charge is 2.28. The van der Waals surface area contributed by atoms with Crippen LogP contribution < -0.4 is 0 Å². The first-order valence-electron chi connectivity index (χ1n) is 11.9. The van der Waals surface area contributed by atoms with Crippen LogP contribution in [0, 0.1) is 0 Å². The number of ether oxygens (including phenoxy) is 1. The molecule has 2 heterocycles. The van der Waals surface area contributed by atoms with Gasteiger partial charge in [-0.05, 0) is 65.8 Å². The summed E-state index contributed by atoms with van der Waals surface area (Å²) in [7, 11) is 3.52. The smallest absolute Gasteiger partial charge is 0.330 e. The molecule has 0 saturated carbocycles. The van der Waals surface area contributed by atoms with Crippen molar-refractivity contribution in [3.8, 4) is 0 Å². The summed E-state index contributed by atoms with van der Waals surface area (Å²) in [4.78, 5) is 17.5. The van der Waals surface area contributed by atoms with Crippen LogP contribution in [0.2, 0.25) is 0 Å². The molecule has 0 spiro atoms. The van der Waals surface area contributed by atoms with Crippen molar-refractivity contribution in [2.24, 2.45) is 7.05 Å². The summed E-state index contributed by atoms with van der Waals surface area (Å²) in [6, 6.07) is 19.8. The van der Waals surface area contributed by atoms with Gasteiger partial charge >= 0.3 is 5.97 Å². The molecular weight excluding hydrogens is 422 g/mol. The number of carbonyl (C=O) groups is 1. The van der Waals surface area contributed by atoms with Crippen LogP contribution in [0.25, 0.3) is 17.0 Å². The molecule has 0 amide bonds. The number of benzene rings is 2. The zero-order valence-corrected chi connectivity index (χ0v) is 19.8. The molecule has 5 nitrogen and oxygen atoms in total. The van der Waals surface area contributed by atoms with Crippen molar-refractivity contribution in [2.75, 3.05) is 13.7 Å². The first kappa shape index (κ1) is 22.2. The molecule has 1 atom stereocenters. The number of para-hydroxylation sites is 1. The molecule has 2 aromatic heterocycles. The number of hydrogen-bond acceptors (Lipinski definition) is 3. The Morgan fingerprint density at radius 2 is 2.09 bits per heavy atom. The molecule has 4 aromatic rings. The zero-order valence-electron chi connectivity index (χ0n) is 19.8. The molecule has 34 heavy (non-hydrogen) atoms. The van der Waals surface area contributed by atoms with Crippen LogP contribution in [-0.2, 0) is 36.0 Å². The Labute approximate surface area is 200 Å². The number of hydrogen-bond donors (Lipinski definition) is 1. The van der Waals surface area contributed by atoms with E-state index in [0.717, 1.165) is 37.9 Å². The average molecular weight is 454 g/mol. The standard InChI is InChI=1S/C29H31N3O2/c1-31-16-5-6-24(31)20-32(17-15-23-19-30-27-8-4-3-7-25(23)27)28-13-11-22-18-21(9-12-26(22)28)10-14-29(33)34-2/h3-10,12,14,16,18-19,28,30H,11,13,15,17,20H2,1-2H3. The average Bonchev–Trinajstić information content (AvgIpc) is 3.58. The number of fused-ring (bicyclic) bond motifs is 2. The van der Waals surface area contributed by atoms with Crippen LogP contribution in [-0.4, -0.2) is 34.1 Å². The van der Waals surface area contributed by atoms with Crippen LogP contribution in [0.15, 0.2) is 73.1 Å². The summed E-state index contributed by atoms with van der Waals surface area (Å²) in [5, 5.41) is 1.31. The van der Waals surface area contributed by atoms with Crippen molar-refractivity contribution >= 4 is 22.9 Å². The highest BCUT2D eigenvalue weighted by molar-refractivity contribution is 5.87. The zero-order chi connectivity index (χ0) is 23.5. The number of aryl methyl sites for hydroxylation is 2. The summed E-state index contributed by atoms with van der Waals surface area (Å²) in [5.74, 6) is -0.329. The Bertz CT molecular complexity index is 1330. The van der Waals surface area contributed by atoms with Crippen molar-refractivity contribution in [2.45, 2.75) is 31.8 Å². The van der Waals surface area contributed by atoms with Gasteiger partial charge in [0.25, 0.3) is 0 Å². The van der Waals surface area contributed by atoms with E-state index in [1.165, 1.54) is 46.5 Å². The lowest BCUT2D eigenvalue weighted by atomic mass is 10.0. The third kappa shape index (κ3) is 4.57. The molecule has 1 N–H and O–H groups in total. The van der Waals surface area contributed by atoms with Crippen LogP contribution in [0.5, 0.6) is 0 Å². The minimum absolute atomic E-state index is 0.329. The summed E-state index contributed by atoms with van der Waals surface area (Å²) in [5.41, 5.74) is 7.71. The monoisotopic (exact) mass is 453 g/mol. The van der Waals surface area contributed by atoms with Crippen LogP contribution >= 0.6 is 0 Å². The largest absolute Gasteiger partial charge is 0.466 e. The quantitative estimate of drug-likeness (QED) is 0.286. The molecule has 0 saturated heterocycles. The predicted octanol–water partition coefficient (Wildman–Crippen LogP) is 5.42. The number of nitrogens with zero attached hydrogens (tertiary/aromatic N) is 2. The lowest BCUT2D eigenvalue weighted by Crippen LogP contribution is -2.30. The fourth-order valence-corrected chi connectivity index (χ4v) is 5.15. The second kappa shape index (κ2) is 9.74. The van der Waals surface area contributed by atoms with E-state index in [1.807, 2.05) is 6.08 Å². The highest BCUT2D eigenvalue weighted by Crippen LogP contribution is 2.37. The molecule has 1 aliphatic rings. The van der Waals surface area contributed by atoms with E-state index in [9.17, 15) is 4.79 Å². The molecule has 2 aromatic carbocycles. The Morgan fingerprint density at radius 1 is 1.21 bits per heavy atom. The van der Waals surface area contributed by atoms with Gasteiger partial charge in [0, 0.05) is 61.2 Å². The lowest BCUT2D eigenvalue weighted by Gasteiger charge is -2.30. The Morgan fingerprint density at radius 3 is 2.91 bits per heavy atom. The topological polar surface area (TPSA) is 50.3 Å². The number of nitrogens with one attached hydrogen (secondary N) is 1. The Kier molecular flexibility index (Phi) is 6.37. The van der Waals surface area contributed by atoms with Gasteiger partial charge in [0.15, 0.2) is 0 Å². The van der Waals surface area contributed by atoms with Crippen molar-refractivity contribution in [1.82, 2.24) is 14.5 Å². The highest BCUT2D eigenvalue weighted by atomic mass is 16.5. The predicted molar refractivity (Wildman–Crippen MR) is 136 cm³/mol. The van der Waals surface area contributed by atoms with Gasteiger partial charge in [0.1, 0.15) is 0 Å². The number of methoxy groups -OCH3 is 1. The first-order valence-corrected chi connectivity index (χ1v) is 11.9. The second-order valence-corrected chi connectivity index (χ2v) is 9.06. The second-order valence-electron chi connectivity index (χ2n) is 9.06. The maximum Gasteiger partial charge on any atom is 0.330 e. The van der Waals surface area contributed by atoms with Crippen LogP contribution in [0.1, 0.15) is 40.4 Å². The molecule has 0 fully saturated rings. The van der Waals surface area contributed by atoms with Gasteiger partial charge in [-0.3, -0.25) is 4.90 Å². The molecular formula is C29H31N3O2. The van der Waals surface area contributed by atoms with E-state index in [1.54, 1.807) is 0 Å². The lowest BCUT2D eigenvalue weighted by molar-refractivity contribution is -0.134. The number of H-pyrrole nitrogens is 1. The molecule has 5 rings (SSSR count). The molecule has 0 radical (unpaired) electrons. The molecule has 1 aliphatic carbocycles. The number of carbonyl (C=O) groups excluding carboxylic acids is 1. The van der Waals surface area contributed by atoms with E-state index in [0.29, 0.717) is 6.04 Å². The van der Waals surface area contributed by atoms with Gasteiger partial charge in [0.2, 0.25) is 0 Å². The maximum absolute atomic E-state index is 11.5. The Hall–Kier alpha value is -3.57. The summed E-state index contributed by atoms with van der Waals surface area (Å²) < 4.78 is 6.94. The minimum Gasteiger partial charge on any atom is -0.466 e. The fourth-order valence-electron chi connectivity index (χ4n) is 5.15. The number of aromatic amines is 1. The number of aromatic nitrogens is 2. The minimum atomic E-state index is -0.329. The number of esters is 1. The fraction of sp³-hybridized carbons (Fsp3) is 0.276. The number of rotatable bonds is 8. The molecule has 1 unspecified atom stereocenters. The van der Waals surface area contributed by atoms with Gasteiger partial charge in [-0.15, -0.1) is 0 Å². The summed E-state index contributed by atoms with van der Waals surface area (Å²) in [6.45, 7) is 1.90. The van der Waals surface area contributed by atoms with E-state index in [2.05, 4.69) is 88.5 Å². The van der Waals surface area contributed by atoms with E-state index in [4.69, 9.17) is 4.74 Å². The third-order valence-corrected chi connectivity index (χ3v) is 7.03. The molecule has 5 heteroatoms. The Balaban J connectivity index is 1.39. The SMILES string of the molecule is COC(=O)C=Cc1ccc2c(c1)CCC2N(CCc1c[nH]c2ccccc12)Cc1cccn1C. The van der Waals surface area contributed by atoms with Crippen molar-refractivity contribution in [1.29, 1.82) is 0 Å². The summed E-state index contributed by atoms with van der Waals surface area (Å²) >= 11 is 0. The maximum atomic E-state index is 11.5. The summed E-state index contributed by atoms with van der Waals surface area (Å²) in [6.07, 6.45) is 10.8. The molecule has 174 valence electrons. The van der Waals surface area contributed by atoms with Gasteiger partial charge < -0.3 is 14.3 Å². The van der Waals surface area contributed by atoms with Crippen LogP contribution in [0.4, 0.5) is 0 Å².